The molecule has 4 aromatic rings. The molecule has 2 aliphatic heterocycles. The maximum atomic E-state index is 14.5. The molecule has 2 aliphatic rings. The van der Waals surface area contributed by atoms with Crippen LogP contribution in [-0.4, -0.2) is 77.1 Å². The molecule has 0 unspecified atom stereocenters. The number of aromatic nitrogens is 4. The number of anilines is 2. The predicted octanol–water partition coefficient (Wildman–Crippen LogP) is 5.81. The Bertz CT molecular complexity index is 1970. The highest BCUT2D eigenvalue weighted by Gasteiger charge is 2.33. The summed E-state index contributed by atoms with van der Waals surface area (Å²) >= 11 is 0. The Labute approximate surface area is 294 Å². The molecular formula is C37H45N7O5S. The van der Waals surface area contributed by atoms with E-state index in [1.807, 2.05) is 32.0 Å². The molecule has 0 spiro atoms. The minimum atomic E-state index is -4.18. The zero-order chi connectivity index (χ0) is 35.8. The lowest BCUT2D eigenvalue weighted by Gasteiger charge is -2.39. The van der Waals surface area contributed by atoms with Crippen LogP contribution in [0.2, 0.25) is 0 Å². The van der Waals surface area contributed by atoms with Crippen molar-refractivity contribution in [3.63, 3.8) is 0 Å². The normalized spacial score (nSPS) is 19.0. The van der Waals surface area contributed by atoms with E-state index in [4.69, 9.17) is 9.47 Å². The van der Waals surface area contributed by atoms with E-state index < -0.39 is 16.1 Å². The molecule has 12 nitrogen and oxygen atoms in total. The van der Waals surface area contributed by atoms with Crippen molar-refractivity contribution < 1.29 is 22.7 Å². The first-order valence-corrected chi connectivity index (χ1v) is 18.3. The summed E-state index contributed by atoms with van der Waals surface area (Å²) in [6, 6.07) is 13.2. The van der Waals surface area contributed by atoms with E-state index in [1.54, 1.807) is 35.5 Å². The largest absolute Gasteiger partial charge is 0.475 e. The van der Waals surface area contributed by atoms with Crippen molar-refractivity contribution in [2.75, 3.05) is 35.9 Å². The van der Waals surface area contributed by atoms with Crippen LogP contribution in [0.1, 0.15) is 68.3 Å². The summed E-state index contributed by atoms with van der Waals surface area (Å²) in [5.41, 5.74) is 3.91. The van der Waals surface area contributed by atoms with Crippen LogP contribution in [0.4, 0.5) is 11.6 Å². The minimum Gasteiger partial charge on any atom is -0.475 e. The molecule has 2 aromatic carbocycles. The second-order valence-electron chi connectivity index (χ2n) is 14.9. The number of fused-ring (bicyclic) bond motifs is 4. The number of nitrogens with one attached hydrogen (secondary N) is 1. The van der Waals surface area contributed by atoms with Gasteiger partial charge in [0.15, 0.2) is 0 Å². The molecule has 4 bridgehead atoms. The fourth-order valence-corrected chi connectivity index (χ4v) is 7.52. The van der Waals surface area contributed by atoms with Crippen LogP contribution in [0, 0.1) is 19.3 Å². The molecule has 6 rings (SSSR count). The van der Waals surface area contributed by atoms with Crippen molar-refractivity contribution in [1.82, 2.24) is 24.8 Å². The monoisotopic (exact) mass is 699 g/mol. The Balaban J connectivity index is 1.42. The molecule has 1 fully saturated rings. The Hall–Kier alpha value is -4.62. The zero-order valence-corrected chi connectivity index (χ0v) is 30.5. The third kappa shape index (κ3) is 8.05. The van der Waals surface area contributed by atoms with E-state index in [9.17, 15) is 13.2 Å². The number of ether oxygens (including phenoxy) is 2. The van der Waals surface area contributed by atoms with E-state index in [0.29, 0.717) is 31.1 Å². The smallest absolute Gasteiger partial charge is 0.264 e. The zero-order valence-electron chi connectivity index (χ0n) is 29.7. The average molecular weight is 700 g/mol. The molecule has 1 N–H and O–H groups in total. The highest BCUT2D eigenvalue weighted by molar-refractivity contribution is 7.92. The third-order valence-corrected chi connectivity index (χ3v) is 10.2. The highest BCUT2D eigenvalue weighted by Crippen LogP contribution is 2.32. The topological polar surface area (TPSA) is 140 Å². The van der Waals surface area contributed by atoms with E-state index in [1.165, 1.54) is 12.1 Å². The molecule has 13 heteroatoms. The summed E-state index contributed by atoms with van der Waals surface area (Å²) in [6.45, 7) is 16.6. The number of carbonyl (C=O) groups is 1. The first-order valence-electron chi connectivity index (χ1n) is 16.8. The summed E-state index contributed by atoms with van der Waals surface area (Å²) < 4.78 is 42.2. The summed E-state index contributed by atoms with van der Waals surface area (Å²) in [5, 5.41) is 0. The van der Waals surface area contributed by atoms with Gasteiger partial charge in [-0.25, -0.2) is 28.1 Å². The van der Waals surface area contributed by atoms with E-state index >= 15 is 0 Å². The molecule has 0 saturated carbocycles. The second kappa shape index (κ2) is 13.6. The number of hydrogen-bond donors (Lipinski definition) is 1. The summed E-state index contributed by atoms with van der Waals surface area (Å²) in [7, 11) is -4.18. The molecule has 0 aliphatic carbocycles. The maximum Gasteiger partial charge on any atom is 0.264 e. The lowest BCUT2D eigenvalue weighted by Crippen LogP contribution is -2.48. The van der Waals surface area contributed by atoms with Crippen LogP contribution in [0.25, 0.3) is 11.3 Å². The molecule has 1 saturated heterocycles. The standard InChI is InChI=1S/C37H45N7O5S/c1-24-10-8-11-25(2)33(24)30-17-32-41-35(40-30)42-50(46,47)29-13-9-12-26(16-29)34(45)44(27(22-48-32)18-36(3,4)5)21-31-38-19-28(20-39-31)43-14-15-49-37(6,7)23-43/h8-13,16-17,19-20,27H,14-15,18,21-23H2,1-7H3,(H,40,41,42)/t27-/m1/s1. The summed E-state index contributed by atoms with van der Waals surface area (Å²) in [5.74, 6) is 0.139. The predicted molar refractivity (Wildman–Crippen MR) is 192 cm³/mol. The number of hydrogen-bond acceptors (Lipinski definition) is 10. The van der Waals surface area contributed by atoms with Gasteiger partial charge in [0.2, 0.25) is 11.8 Å². The lowest BCUT2D eigenvalue weighted by atomic mass is 9.87. The van der Waals surface area contributed by atoms with Crippen molar-refractivity contribution in [3.8, 4) is 17.1 Å². The van der Waals surface area contributed by atoms with Gasteiger partial charge in [-0.15, -0.1) is 0 Å². The summed E-state index contributed by atoms with van der Waals surface area (Å²) in [6.07, 6.45) is 4.12. The van der Waals surface area contributed by atoms with Gasteiger partial charge in [0.05, 0.1) is 53.5 Å². The first kappa shape index (κ1) is 35.2. The van der Waals surface area contributed by atoms with Crippen LogP contribution in [0.5, 0.6) is 5.88 Å². The van der Waals surface area contributed by atoms with Gasteiger partial charge in [-0.1, -0.05) is 45.0 Å². The van der Waals surface area contributed by atoms with Crippen molar-refractivity contribution in [1.29, 1.82) is 0 Å². The van der Waals surface area contributed by atoms with Gasteiger partial charge >= 0.3 is 0 Å². The van der Waals surface area contributed by atoms with Crippen LogP contribution in [0.3, 0.4) is 0 Å². The van der Waals surface area contributed by atoms with Crippen molar-refractivity contribution in [2.45, 2.75) is 78.0 Å². The van der Waals surface area contributed by atoms with E-state index in [-0.39, 0.29) is 52.4 Å². The second-order valence-corrected chi connectivity index (χ2v) is 16.5. The molecule has 1 amide bonds. The van der Waals surface area contributed by atoms with Gasteiger partial charge < -0.3 is 19.3 Å². The number of rotatable bonds is 5. The van der Waals surface area contributed by atoms with Crippen molar-refractivity contribution >= 4 is 27.6 Å². The Kier molecular flexibility index (Phi) is 9.57. The molecule has 264 valence electrons. The van der Waals surface area contributed by atoms with Gasteiger partial charge in [-0.05, 0) is 68.9 Å². The fraction of sp³-hybridized carbons (Fsp3) is 0.432. The number of carbonyl (C=O) groups excluding carboxylic acids is 1. The maximum absolute atomic E-state index is 14.5. The van der Waals surface area contributed by atoms with Crippen LogP contribution in [-0.2, 0) is 21.3 Å². The fourth-order valence-electron chi connectivity index (χ4n) is 6.53. The highest BCUT2D eigenvalue weighted by atomic mass is 32.2. The van der Waals surface area contributed by atoms with Crippen molar-refractivity contribution in [2.24, 2.45) is 5.41 Å². The Morgan fingerprint density at radius 1 is 1.00 bits per heavy atom. The minimum absolute atomic E-state index is 0.0791. The van der Waals surface area contributed by atoms with E-state index in [2.05, 4.69) is 64.2 Å². The number of benzene rings is 2. The first-order chi connectivity index (χ1) is 23.6. The van der Waals surface area contributed by atoms with Crippen LogP contribution in [0.15, 0.2) is 65.8 Å². The Morgan fingerprint density at radius 3 is 2.38 bits per heavy atom. The quantitative estimate of drug-likeness (QED) is 0.272. The van der Waals surface area contributed by atoms with Crippen molar-refractivity contribution in [3.05, 3.63) is 83.4 Å². The SMILES string of the molecule is Cc1cccc(C)c1-c1cc2nc(n1)NS(=O)(=O)c1cccc(c1)C(=O)N(Cc1ncc(N3CCOC(C)(C)C3)cn1)[C@H](CC(C)(C)C)CO2. The van der Waals surface area contributed by atoms with Crippen LogP contribution < -0.4 is 14.4 Å². The average Bonchev–Trinajstić information content (AvgIpc) is 3.04. The molecule has 1 atom stereocenters. The lowest BCUT2D eigenvalue weighted by molar-refractivity contribution is -0.0277. The van der Waals surface area contributed by atoms with Crippen LogP contribution >= 0.6 is 0 Å². The van der Waals surface area contributed by atoms with Gasteiger partial charge in [0, 0.05) is 30.3 Å². The number of morpholine rings is 1. The summed E-state index contributed by atoms with van der Waals surface area (Å²) in [4.78, 5) is 36.7. The molecule has 2 aromatic heterocycles. The Morgan fingerprint density at radius 2 is 1.70 bits per heavy atom. The van der Waals surface area contributed by atoms with E-state index in [0.717, 1.165) is 28.9 Å². The molecular weight excluding hydrogens is 655 g/mol. The van der Waals surface area contributed by atoms with Gasteiger partial charge in [0.25, 0.3) is 15.9 Å². The van der Waals surface area contributed by atoms with Gasteiger partial charge in [0.1, 0.15) is 12.4 Å². The molecule has 50 heavy (non-hydrogen) atoms. The number of sulfonamides is 1. The molecule has 0 radical (unpaired) electrons. The van der Waals surface area contributed by atoms with Gasteiger partial charge in [-0.3, -0.25) is 4.79 Å². The third-order valence-electron chi connectivity index (χ3n) is 8.82. The molecule has 4 heterocycles. The number of aryl methyl sites for hydroxylation is 2. The number of nitrogens with zero attached hydrogens (tertiary/aromatic N) is 6. The van der Waals surface area contributed by atoms with Gasteiger partial charge in [-0.2, -0.15) is 4.98 Å². The number of amides is 1.